The predicted molar refractivity (Wildman–Crippen MR) is 88.2 cm³/mol. The lowest BCUT2D eigenvalue weighted by molar-refractivity contribution is -0.0262. The molecule has 2 heterocycles. The summed E-state index contributed by atoms with van der Waals surface area (Å²) < 4.78 is 42.9. The van der Waals surface area contributed by atoms with E-state index < -0.39 is 24.8 Å². The number of hydrogen-bond acceptors (Lipinski definition) is 3. The summed E-state index contributed by atoms with van der Waals surface area (Å²) in [6.07, 6.45) is 1.52. The summed E-state index contributed by atoms with van der Waals surface area (Å²) in [6.45, 7) is -1.04. The summed E-state index contributed by atoms with van der Waals surface area (Å²) in [5.41, 5.74) is 0.547. The van der Waals surface area contributed by atoms with Crippen LogP contribution in [-0.4, -0.2) is 28.8 Å². The van der Waals surface area contributed by atoms with Gasteiger partial charge in [0.15, 0.2) is 5.82 Å². The number of rotatable bonds is 2. The third kappa shape index (κ3) is 2.65. The van der Waals surface area contributed by atoms with Crippen LogP contribution in [0.1, 0.15) is 5.56 Å². The zero-order valence-corrected chi connectivity index (χ0v) is 14.7. The van der Waals surface area contributed by atoms with Gasteiger partial charge in [0.05, 0.1) is 50.4 Å². The van der Waals surface area contributed by atoms with Crippen molar-refractivity contribution in [2.24, 2.45) is 7.05 Å². The Balaban J connectivity index is 2.24. The van der Waals surface area contributed by atoms with Gasteiger partial charge >= 0.3 is 0 Å². The Morgan fingerprint density at radius 3 is 2.57 bits per heavy atom. The average molecular weight is 453 g/mol. The van der Waals surface area contributed by atoms with Crippen molar-refractivity contribution in [3.63, 3.8) is 0 Å². The predicted octanol–water partition coefficient (Wildman–Crippen LogP) is 3.81. The van der Waals surface area contributed by atoms with E-state index in [0.29, 0.717) is 9.26 Å². The lowest BCUT2D eigenvalue weighted by Gasteiger charge is -2.41. The van der Waals surface area contributed by atoms with E-state index in [2.05, 4.69) is 5.10 Å². The molecule has 1 aliphatic rings. The van der Waals surface area contributed by atoms with Gasteiger partial charge < -0.3 is 4.90 Å². The fraction of sp³-hybridized carbons (Fsp3) is 0.286. The second-order valence-electron chi connectivity index (χ2n) is 5.23. The largest absolute Gasteiger partial charge is 0.358 e. The van der Waals surface area contributed by atoms with Gasteiger partial charge in [0, 0.05) is 7.05 Å². The average Bonchev–Trinajstić information content (AvgIpc) is 2.78. The van der Waals surface area contributed by atoms with Gasteiger partial charge in [-0.2, -0.15) is 10.4 Å². The number of alkyl halides is 2. The first-order valence-electron chi connectivity index (χ1n) is 6.48. The van der Waals surface area contributed by atoms with Crippen LogP contribution < -0.4 is 4.90 Å². The van der Waals surface area contributed by atoms with Gasteiger partial charge in [0.25, 0.3) is 5.92 Å². The minimum absolute atomic E-state index is 0.0189. The molecule has 4 nitrogen and oxygen atoms in total. The normalized spacial score (nSPS) is 16.1. The van der Waals surface area contributed by atoms with E-state index in [9.17, 15) is 18.4 Å². The number of aryl methyl sites for hydroxylation is 1. The molecule has 0 spiro atoms. The second-order valence-corrected chi connectivity index (χ2v) is 6.80. The van der Waals surface area contributed by atoms with Gasteiger partial charge in [-0.15, -0.1) is 0 Å². The molecule has 1 aromatic heterocycles. The first kappa shape index (κ1) is 16.4. The van der Waals surface area contributed by atoms with Crippen molar-refractivity contribution in [1.29, 1.82) is 5.26 Å². The quantitative estimate of drug-likeness (QED) is 0.651. The molecule has 0 radical (unpaired) electrons. The molecule has 120 valence electrons. The molecule has 0 bridgehead atoms. The van der Waals surface area contributed by atoms with Crippen LogP contribution in [-0.2, 0) is 7.05 Å². The first-order valence-corrected chi connectivity index (χ1v) is 7.93. The summed E-state index contributed by atoms with van der Waals surface area (Å²) in [4.78, 5) is 1.32. The van der Waals surface area contributed by atoms with Crippen LogP contribution in [0.2, 0.25) is 5.02 Å². The molecule has 0 unspecified atom stereocenters. The van der Waals surface area contributed by atoms with Gasteiger partial charge in [0.2, 0.25) is 0 Å². The maximum Gasteiger partial charge on any atom is 0.282 e. The van der Waals surface area contributed by atoms with Gasteiger partial charge in [-0.25, -0.2) is 13.2 Å². The minimum Gasteiger partial charge on any atom is -0.358 e. The van der Waals surface area contributed by atoms with Crippen molar-refractivity contribution >= 4 is 39.9 Å². The third-order valence-corrected chi connectivity index (χ3v) is 4.69. The van der Waals surface area contributed by atoms with Crippen LogP contribution in [0, 0.1) is 20.7 Å². The molecule has 0 N–H and O–H groups in total. The van der Waals surface area contributed by atoms with Crippen LogP contribution in [0.4, 0.5) is 18.9 Å². The standard InChI is InChI=1S/C14H9ClF3IN4/c1-22-13(9(19)4-21-22)11-7(3-20)10(2-8(15)12(11)16)23-5-14(17,18)6-23/h2,4H,5-6H2,1H3. The number of hydrogen-bond donors (Lipinski definition) is 0. The summed E-state index contributed by atoms with van der Waals surface area (Å²) in [5.74, 6) is -3.57. The van der Waals surface area contributed by atoms with E-state index in [1.54, 1.807) is 7.05 Å². The molecule has 9 heteroatoms. The van der Waals surface area contributed by atoms with Crippen molar-refractivity contribution in [2.45, 2.75) is 5.92 Å². The van der Waals surface area contributed by atoms with Gasteiger partial charge in [-0.05, 0) is 28.7 Å². The fourth-order valence-corrected chi connectivity index (χ4v) is 3.51. The van der Waals surface area contributed by atoms with Crippen molar-refractivity contribution in [1.82, 2.24) is 9.78 Å². The molecule has 1 aliphatic heterocycles. The van der Waals surface area contributed by atoms with E-state index >= 15 is 0 Å². The van der Waals surface area contributed by atoms with E-state index in [4.69, 9.17) is 11.6 Å². The summed E-state index contributed by atoms with van der Waals surface area (Å²) in [5, 5.41) is 13.3. The highest BCUT2D eigenvalue weighted by Gasteiger charge is 2.45. The van der Waals surface area contributed by atoms with Gasteiger partial charge in [-0.1, -0.05) is 11.6 Å². The van der Waals surface area contributed by atoms with Crippen molar-refractivity contribution in [3.8, 4) is 17.3 Å². The monoisotopic (exact) mass is 452 g/mol. The number of aromatic nitrogens is 2. The highest BCUT2D eigenvalue weighted by Crippen LogP contribution is 2.42. The molecule has 3 rings (SSSR count). The Bertz CT molecular complexity index is 816. The Kier molecular flexibility index (Phi) is 3.96. The second kappa shape index (κ2) is 5.56. The highest BCUT2D eigenvalue weighted by molar-refractivity contribution is 14.1. The van der Waals surface area contributed by atoms with E-state index in [0.717, 1.165) is 0 Å². The number of nitrogens with zero attached hydrogens (tertiary/aromatic N) is 4. The Labute approximate surface area is 148 Å². The zero-order chi connectivity index (χ0) is 16.9. The minimum atomic E-state index is -2.81. The lowest BCUT2D eigenvalue weighted by atomic mass is 9.99. The molecule has 2 aromatic rings. The maximum absolute atomic E-state index is 14.6. The number of benzene rings is 1. The molecule has 23 heavy (non-hydrogen) atoms. The van der Waals surface area contributed by atoms with E-state index in [1.807, 2.05) is 28.7 Å². The van der Waals surface area contributed by atoms with Crippen LogP contribution in [0.25, 0.3) is 11.3 Å². The Hall–Kier alpha value is -1.47. The van der Waals surface area contributed by atoms with Gasteiger partial charge in [-0.3, -0.25) is 4.68 Å². The van der Waals surface area contributed by atoms with E-state index in [-0.39, 0.29) is 21.8 Å². The Morgan fingerprint density at radius 2 is 2.09 bits per heavy atom. The van der Waals surface area contributed by atoms with Crippen LogP contribution in [0.5, 0.6) is 0 Å². The van der Waals surface area contributed by atoms with Crippen LogP contribution >= 0.6 is 34.2 Å². The number of nitriles is 1. The molecule has 1 aromatic carbocycles. The van der Waals surface area contributed by atoms with Gasteiger partial charge in [0.1, 0.15) is 6.07 Å². The number of halogens is 5. The summed E-state index contributed by atoms with van der Waals surface area (Å²) in [7, 11) is 1.61. The highest BCUT2D eigenvalue weighted by atomic mass is 127. The van der Waals surface area contributed by atoms with Crippen LogP contribution in [0.15, 0.2) is 12.3 Å². The van der Waals surface area contributed by atoms with Crippen molar-refractivity contribution in [3.05, 3.63) is 32.2 Å². The molecule has 0 saturated carbocycles. The summed E-state index contributed by atoms with van der Waals surface area (Å²) in [6, 6.07) is 3.14. The third-order valence-electron chi connectivity index (χ3n) is 3.63. The fourth-order valence-electron chi connectivity index (χ4n) is 2.57. The lowest BCUT2D eigenvalue weighted by Crippen LogP contribution is -2.56. The molecule has 1 fully saturated rings. The molecule has 0 atom stereocenters. The van der Waals surface area contributed by atoms with Crippen molar-refractivity contribution < 1.29 is 13.2 Å². The number of anilines is 1. The summed E-state index contributed by atoms with van der Waals surface area (Å²) >= 11 is 7.90. The molecule has 0 aliphatic carbocycles. The molecule has 1 saturated heterocycles. The van der Waals surface area contributed by atoms with Crippen molar-refractivity contribution in [2.75, 3.05) is 18.0 Å². The Morgan fingerprint density at radius 1 is 1.43 bits per heavy atom. The van der Waals surface area contributed by atoms with Crippen LogP contribution in [0.3, 0.4) is 0 Å². The molecule has 0 amide bonds. The molecular formula is C14H9ClF3IN4. The zero-order valence-electron chi connectivity index (χ0n) is 11.7. The topological polar surface area (TPSA) is 44.9 Å². The van der Waals surface area contributed by atoms with E-state index in [1.165, 1.54) is 21.8 Å². The smallest absolute Gasteiger partial charge is 0.282 e. The first-order chi connectivity index (χ1) is 10.7. The molecular weight excluding hydrogens is 444 g/mol. The maximum atomic E-state index is 14.6. The SMILES string of the molecule is Cn1ncc(I)c1-c1c(F)c(Cl)cc(N2CC(F)(F)C2)c1C#N.